The molecule has 3 rings (SSSR count). The van der Waals surface area contributed by atoms with Gasteiger partial charge >= 0.3 is 0 Å². The molecule has 0 bridgehead atoms. The van der Waals surface area contributed by atoms with Crippen LogP contribution < -0.4 is 10.6 Å². The van der Waals surface area contributed by atoms with Gasteiger partial charge in [-0.3, -0.25) is 9.59 Å². The fraction of sp³-hybridized carbons (Fsp3) is 0.263. The summed E-state index contributed by atoms with van der Waals surface area (Å²) in [5.41, 5.74) is 7.63. The summed E-state index contributed by atoms with van der Waals surface area (Å²) in [4.78, 5) is 28.9. The van der Waals surface area contributed by atoms with E-state index in [2.05, 4.69) is 0 Å². The molecule has 5 heteroatoms. The fourth-order valence-corrected chi connectivity index (χ4v) is 3.10. The number of likely N-dealkylation sites (N-methyl/N-ethyl adjacent to an activating group) is 1. The predicted octanol–water partition coefficient (Wildman–Crippen LogP) is 2.54. The molecule has 1 fully saturated rings. The smallest absolute Gasteiger partial charge is 0.256 e. The molecule has 24 heavy (non-hydrogen) atoms. The van der Waals surface area contributed by atoms with Crippen molar-refractivity contribution in [2.75, 3.05) is 24.2 Å². The Morgan fingerprint density at radius 1 is 1.12 bits per heavy atom. The minimum atomic E-state index is -0.467. The summed E-state index contributed by atoms with van der Waals surface area (Å²) in [6, 6.07) is 16.0. The zero-order chi connectivity index (χ0) is 17.1. The van der Waals surface area contributed by atoms with Crippen molar-refractivity contribution in [2.45, 2.75) is 18.9 Å². The van der Waals surface area contributed by atoms with E-state index in [1.165, 1.54) is 4.90 Å². The number of nitrogen functional groups attached to an aromatic ring is 1. The Kier molecular flexibility index (Phi) is 4.51. The van der Waals surface area contributed by atoms with Gasteiger partial charge in [-0.1, -0.05) is 30.3 Å². The van der Waals surface area contributed by atoms with Gasteiger partial charge in [0.05, 0.1) is 5.56 Å². The minimum absolute atomic E-state index is 0.0437. The highest BCUT2D eigenvalue weighted by Gasteiger charge is 2.35. The average Bonchev–Trinajstić information content (AvgIpc) is 2.62. The first-order valence-corrected chi connectivity index (χ1v) is 8.07. The lowest BCUT2D eigenvalue weighted by Crippen LogP contribution is -2.53. The zero-order valence-electron chi connectivity index (χ0n) is 13.7. The van der Waals surface area contributed by atoms with E-state index in [1.807, 2.05) is 30.3 Å². The van der Waals surface area contributed by atoms with Crippen molar-refractivity contribution in [3.05, 3.63) is 60.2 Å². The number of para-hydroxylation sites is 2. The van der Waals surface area contributed by atoms with E-state index in [1.54, 1.807) is 36.2 Å². The standard InChI is InChI=1S/C19H21N3O2/c1-21(18(23)15-10-5-6-11-16(15)20)17-12-7-13-22(19(17)24)14-8-3-2-4-9-14/h2-6,8-11,17H,7,12-13,20H2,1H3. The average molecular weight is 323 g/mol. The fourth-order valence-electron chi connectivity index (χ4n) is 3.10. The second-order valence-corrected chi connectivity index (χ2v) is 5.99. The quantitative estimate of drug-likeness (QED) is 0.883. The van der Waals surface area contributed by atoms with Crippen LogP contribution in [0.4, 0.5) is 11.4 Å². The Morgan fingerprint density at radius 2 is 1.79 bits per heavy atom. The van der Waals surface area contributed by atoms with Crippen molar-refractivity contribution < 1.29 is 9.59 Å². The maximum Gasteiger partial charge on any atom is 0.256 e. The molecule has 0 spiro atoms. The third-order valence-corrected chi connectivity index (χ3v) is 4.46. The highest BCUT2D eigenvalue weighted by atomic mass is 16.2. The zero-order valence-corrected chi connectivity index (χ0v) is 13.7. The summed E-state index contributed by atoms with van der Waals surface area (Å²) in [6.07, 6.45) is 1.52. The van der Waals surface area contributed by atoms with Crippen molar-refractivity contribution >= 4 is 23.2 Å². The largest absolute Gasteiger partial charge is 0.398 e. The Morgan fingerprint density at radius 3 is 2.50 bits per heavy atom. The highest BCUT2D eigenvalue weighted by molar-refractivity contribution is 6.04. The van der Waals surface area contributed by atoms with Gasteiger partial charge in [0.1, 0.15) is 6.04 Å². The molecule has 2 aromatic carbocycles. The molecule has 2 amide bonds. The van der Waals surface area contributed by atoms with Crippen LogP contribution in [-0.2, 0) is 4.79 Å². The molecule has 5 nitrogen and oxygen atoms in total. The third-order valence-electron chi connectivity index (χ3n) is 4.46. The van der Waals surface area contributed by atoms with Crippen LogP contribution in [0, 0.1) is 0 Å². The van der Waals surface area contributed by atoms with E-state index >= 15 is 0 Å². The molecule has 1 atom stereocenters. The van der Waals surface area contributed by atoms with Gasteiger partial charge in [0.15, 0.2) is 0 Å². The second kappa shape index (κ2) is 6.74. The second-order valence-electron chi connectivity index (χ2n) is 5.99. The van der Waals surface area contributed by atoms with Crippen LogP contribution in [0.3, 0.4) is 0 Å². The number of nitrogens with two attached hydrogens (primary N) is 1. The molecular formula is C19H21N3O2. The molecule has 2 N–H and O–H groups in total. The van der Waals surface area contributed by atoms with Crippen LogP contribution in [-0.4, -0.2) is 36.3 Å². The van der Waals surface area contributed by atoms with E-state index in [9.17, 15) is 9.59 Å². The summed E-state index contributed by atoms with van der Waals surface area (Å²) in [7, 11) is 1.67. The van der Waals surface area contributed by atoms with Gasteiger partial charge in [-0.05, 0) is 37.1 Å². The molecule has 1 unspecified atom stereocenters. The van der Waals surface area contributed by atoms with Crippen molar-refractivity contribution in [1.29, 1.82) is 0 Å². The van der Waals surface area contributed by atoms with Crippen LogP contribution >= 0.6 is 0 Å². The van der Waals surface area contributed by atoms with Crippen LogP contribution in [0.1, 0.15) is 23.2 Å². The van der Waals surface area contributed by atoms with Crippen LogP contribution in [0.15, 0.2) is 54.6 Å². The monoisotopic (exact) mass is 323 g/mol. The number of hydrogen-bond donors (Lipinski definition) is 1. The third kappa shape index (κ3) is 2.97. The van der Waals surface area contributed by atoms with Gasteiger partial charge in [-0.2, -0.15) is 0 Å². The van der Waals surface area contributed by atoms with Crippen LogP contribution in [0.5, 0.6) is 0 Å². The number of amides is 2. The van der Waals surface area contributed by atoms with E-state index in [0.29, 0.717) is 24.2 Å². The highest BCUT2D eigenvalue weighted by Crippen LogP contribution is 2.24. The van der Waals surface area contributed by atoms with Crippen molar-refractivity contribution in [2.24, 2.45) is 0 Å². The first-order chi connectivity index (χ1) is 11.6. The summed E-state index contributed by atoms with van der Waals surface area (Å²) in [5, 5.41) is 0. The number of carbonyl (C=O) groups is 2. The molecule has 2 aromatic rings. The molecule has 0 radical (unpaired) electrons. The molecule has 1 aliphatic rings. The van der Waals surface area contributed by atoms with E-state index in [4.69, 9.17) is 5.73 Å². The topological polar surface area (TPSA) is 66.6 Å². The molecule has 0 saturated carbocycles. The molecule has 0 aromatic heterocycles. The van der Waals surface area contributed by atoms with E-state index in [0.717, 1.165) is 12.1 Å². The van der Waals surface area contributed by atoms with Gasteiger partial charge in [0.25, 0.3) is 5.91 Å². The van der Waals surface area contributed by atoms with E-state index in [-0.39, 0.29) is 11.8 Å². The first-order valence-electron chi connectivity index (χ1n) is 8.07. The van der Waals surface area contributed by atoms with Gasteiger partial charge in [-0.25, -0.2) is 0 Å². The number of rotatable bonds is 3. The molecule has 1 saturated heterocycles. The SMILES string of the molecule is CN(C(=O)c1ccccc1N)C1CCCN(c2ccccc2)C1=O. The van der Waals surface area contributed by atoms with Gasteiger partial charge in [-0.15, -0.1) is 0 Å². The predicted molar refractivity (Wildman–Crippen MR) is 94.8 cm³/mol. The first kappa shape index (κ1) is 16.1. The van der Waals surface area contributed by atoms with Crippen molar-refractivity contribution in [1.82, 2.24) is 4.90 Å². The lowest BCUT2D eigenvalue weighted by molar-refractivity contribution is -0.124. The maximum absolute atomic E-state index is 12.9. The number of piperidine rings is 1. The maximum atomic E-state index is 12.9. The Hall–Kier alpha value is -2.82. The summed E-state index contributed by atoms with van der Waals surface area (Å²) in [5.74, 6) is -0.265. The Balaban J connectivity index is 1.82. The molecule has 0 aliphatic carbocycles. The lowest BCUT2D eigenvalue weighted by atomic mass is 10.0. The molecule has 1 heterocycles. The molecule has 124 valence electrons. The molecular weight excluding hydrogens is 302 g/mol. The van der Waals surface area contributed by atoms with Crippen LogP contribution in [0.2, 0.25) is 0 Å². The number of benzene rings is 2. The number of anilines is 2. The minimum Gasteiger partial charge on any atom is -0.398 e. The summed E-state index contributed by atoms with van der Waals surface area (Å²) in [6.45, 7) is 0.675. The Bertz CT molecular complexity index is 745. The van der Waals surface area contributed by atoms with Crippen molar-refractivity contribution in [3.8, 4) is 0 Å². The van der Waals surface area contributed by atoms with Gasteiger partial charge in [0, 0.05) is 25.0 Å². The van der Waals surface area contributed by atoms with Gasteiger partial charge < -0.3 is 15.5 Å². The Labute approximate surface area is 141 Å². The number of carbonyl (C=O) groups excluding carboxylic acids is 2. The van der Waals surface area contributed by atoms with Crippen molar-refractivity contribution in [3.63, 3.8) is 0 Å². The molecule has 1 aliphatic heterocycles. The summed E-state index contributed by atoms with van der Waals surface area (Å²) < 4.78 is 0. The normalized spacial score (nSPS) is 17.6. The van der Waals surface area contributed by atoms with Gasteiger partial charge in [0.2, 0.25) is 5.91 Å². The van der Waals surface area contributed by atoms with Crippen LogP contribution in [0.25, 0.3) is 0 Å². The number of hydrogen-bond acceptors (Lipinski definition) is 3. The lowest BCUT2D eigenvalue weighted by Gasteiger charge is -2.37. The number of nitrogens with zero attached hydrogens (tertiary/aromatic N) is 2. The van der Waals surface area contributed by atoms with E-state index < -0.39 is 6.04 Å². The summed E-state index contributed by atoms with van der Waals surface area (Å²) >= 11 is 0.